The fourth-order valence-corrected chi connectivity index (χ4v) is 2.58. The second kappa shape index (κ2) is 6.92. The summed E-state index contributed by atoms with van der Waals surface area (Å²) in [5.74, 6) is -0.231. The Hall–Kier alpha value is -1.30. The van der Waals surface area contributed by atoms with Crippen LogP contribution in [0.1, 0.15) is 17.2 Å². The molecule has 1 atom stereocenters. The molecule has 0 aliphatic heterocycles. The number of hydrogen-bond acceptors (Lipinski definition) is 3. The molecule has 0 spiro atoms. The number of benzene rings is 1. The van der Waals surface area contributed by atoms with E-state index in [4.69, 9.17) is 5.73 Å². The molecule has 0 fully saturated rings. The van der Waals surface area contributed by atoms with Crippen molar-refractivity contribution < 1.29 is 4.39 Å². The van der Waals surface area contributed by atoms with Gasteiger partial charge in [0.2, 0.25) is 0 Å². The molecule has 1 unspecified atom stereocenters. The molecular formula is C15H17BrFN3. The summed E-state index contributed by atoms with van der Waals surface area (Å²) in [5.41, 5.74) is 7.57. The van der Waals surface area contributed by atoms with Crippen molar-refractivity contribution in [1.29, 1.82) is 0 Å². The van der Waals surface area contributed by atoms with Gasteiger partial charge < -0.3 is 5.73 Å². The Balaban J connectivity index is 2.21. The van der Waals surface area contributed by atoms with Crippen LogP contribution in [0.15, 0.2) is 47.2 Å². The lowest BCUT2D eigenvalue weighted by Crippen LogP contribution is -2.30. The molecule has 3 nitrogen and oxygen atoms in total. The molecule has 0 aliphatic rings. The first kappa shape index (κ1) is 15.1. The van der Waals surface area contributed by atoms with Gasteiger partial charge in [0, 0.05) is 41.6 Å². The van der Waals surface area contributed by atoms with Crippen LogP contribution >= 0.6 is 15.9 Å². The Morgan fingerprint density at radius 3 is 2.65 bits per heavy atom. The minimum absolute atomic E-state index is 0.166. The molecule has 0 saturated heterocycles. The lowest BCUT2D eigenvalue weighted by atomic mass is 10.0. The van der Waals surface area contributed by atoms with E-state index in [-0.39, 0.29) is 11.9 Å². The molecule has 2 aromatic rings. The molecule has 0 aliphatic carbocycles. The first-order valence-corrected chi connectivity index (χ1v) is 7.15. The van der Waals surface area contributed by atoms with Gasteiger partial charge in [-0.1, -0.05) is 15.9 Å². The summed E-state index contributed by atoms with van der Waals surface area (Å²) >= 11 is 3.38. The number of pyridine rings is 1. The number of nitrogens with zero attached hydrogens (tertiary/aromatic N) is 2. The largest absolute Gasteiger partial charge is 0.329 e. The van der Waals surface area contributed by atoms with Crippen molar-refractivity contribution in [2.24, 2.45) is 5.73 Å². The zero-order chi connectivity index (χ0) is 14.5. The molecule has 0 amide bonds. The van der Waals surface area contributed by atoms with Gasteiger partial charge >= 0.3 is 0 Å². The van der Waals surface area contributed by atoms with E-state index < -0.39 is 0 Å². The second-order valence-electron chi connectivity index (χ2n) is 4.69. The maximum absolute atomic E-state index is 14.0. The van der Waals surface area contributed by atoms with Crippen molar-refractivity contribution in [2.75, 3.05) is 13.6 Å². The molecule has 0 saturated carbocycles. The van der Waals surface area contributed by atoms with Crippen LogP contribution in [-0.4, -0.2) is 23.5 Å². The zero-order valence-electron chi connectivity index (χ0n) is 11.3. The number of aromatic nitrogens is 1. The lowest BCUT2D eigenvalue weighted by molar-refractivity contribution is 0.236. The van der Waals surface area contributed by atoms with E-state index in [0.29, 0.717) is 18.7 Å². The molecule has 0 bridgehead atoms. The molecule has 2 N–H and O–H groups in total. The Morgan fingerprint density at radius 1 is 1.30 bits per heavy atom. The van der Waals surface area contributed by atoms with Crippen LogP contribution in [0.2, 0.25) is 0 Å². The average Bonchev–Trinajstić information content (AvgIpc) is 2.44. The summed E-state index contributed by atoms with van der Waals surface area (Å²) < 4.78 is 14.8. The number of nitrogens with two attached hydrogens (primary N) is 1. The number of rotatable bonds is 5. The minimum atomic E-state index is -0.231. The minimum Gasteiger partial charge on any atom is -0.329 e. The van der Waals surface area contributed by atoms with E-state index >= 15 is 0 Å². The summed E-state index contributed by atoms with van der Waals surface area (Å²) in [6, 6.07) is 8.66. The molecule has 106 valence electrons. The van der Waals surface area contributed by atoms with Crippen LogP contribution in [0.4, 0.5) is 4.39 Å². The normalized spacial score (nSPS) is 12.7. The van der Waals surface area contributed by atoms with E-state index in [2.05, 4.69) is 20.9 Å². The smallest absolute Gasteiger partial charge is 0.128 e. The summed E-state index contributed by atoms with van der Waals surface area (Å²) in [6.07, 6.45) is 3.50. The second-order valence-corrected chi connectivity index (χ2v) is 5.60. The fraction of sp³-hybridized carbons (Fsp3) is 0.267. The summed E-state index contributed by atoms with van der Waals surface area (Å²) in [5, 5.41) is 0. The van der Waals surface area contributed by atoms with Crippen LogP contribution in [0.25, 0.3) is 0 Å². The SMILES string of the molecule is CN(Cc1ccncc1)C(CN)c1cc(Br)ccc1F. The highest BCUT2D eigenvalue weighted by atomic mass is 79.9. The van der Waals surface area contributed by atoms with Gasteiger partial charge in [0.05, 0.1) is 0 Å². The van der Waals surface area contributed by atoms with Crippen LogP contribution in [0, 0.1) is 5.82 Å². The van der Waals surface area contributed by atoms with Gasteiger partial charge in [-0.2, -0.15) is 0 Å². The zero-order valence-corrected chi connectivity index (χ0v) is 12.8. The molecule has 1 aromatic heterocycles. The third-order valence-electron chi connectivity index (χ3n) is 3.25. The van der Waals surface area contributed by atoms with Crippen molar-refractivity contribution in [3.63, 3.8) is 0 Å². The van der Waals surface area contributed by atoms with Crippen molar-refractivity contribution in [3.05, 3.63) is 64.1 Å². The Bertz CT molecular complexity index is 562. The van der Waals surface area contributed by atoms with E-state index in [1.165, 1.54) is 6.07 Å². The van der Waals surface area contributed by atoms with Crippen molar-refractivity contribution in [2.45, 2.75) is 12.6 Å². The molecule has 20 heavy (non-hydrogen) atoms. The number of likely N-dealkylation sites (N-methyl/N-ethyl adjacent to an activating group) is 1. The molecule has 1 aromatic carbocycles. The first-order valence-electron chi connectivity index (χ1n) is 6.36. The van der Waals surface area contributed by atoms with Crippen LogP contribution < -0.4 is 5.73 Å². The van der Waals surface area contributed by atoms with Crippen LogP contribution in [0.5, 0.6) is 0 Å². The average molecular weight is 338 g/mol. The molecule has 2 rings (SSSR count). The molecular weight excluding hydrogens is 321 g/mol. The van der Waals surface area contributed by atoms with Gasteiger partial charge in [-0.3, -0.25) is 9.88 Å². The predicted octanol–water partition coefficient (Wildman–Crippen LogP) is 3.12. The highest BCUT2D eigenvalue weighted by molar-refractivity contribution is 9.10. The maximum atomic E-state index is 14.0. The molecule has 5 heteroatoms. The fourth-order valence-electron chi connectivity index (χ4n) is 2.20. The Labute approximate surface area is 126 Å². The van der Waals surface area contributed by atoms with Gasteiger partial charge in [0.15, 0.2) is 0 Å². The number of hydrogen-bond donors (Lipinski definition) is 1. The molecule has 1 heterocycles. The highest BCUT2D eigenvalue weighted by Crippen LogP contribution is 2.26. The monoisotopic (exact) mass is 337 g/mol. The van der Waals surface area contributed by atoms with E-state index in [9.17, 15) is 4.39 Å². The first-order chi connectivity index (χ1) is 9.61. The van der Waals surface area contributed by atoms with Crippen molar-refractivity contribution >= 4 is 15.9 Å². The van der Waals surface area contributed by atoms with Crippen LogP contribution in [0.3, 0.4) is 0 Å². The predicted molar refractivity (Wildman–Crippen MR) is 81.6 cm³/mol. The summed E-state index contributed by atoms with van der Waals surface area (Å²) in [4.78, 5) is 6.03. The highest BCUT2D eigenvalue weighted by Gasteiger charge is 2.19. The number of halogens is 2. The Kier molecular flexibility index (Phi) is 5.23. The van der Waals surface area contributed by atoms with Crippen LogP contribution in [-0.2, 0) is 6.54 Å². The van der Waals surface area contributed by atoms with Gasteiger partial charge in [0.1, 0.15) is 5.82 Å². The van der Waals surface area contributed by atoms with Crippen molar-refractivity contribution in [1.82, 2.24) is 9.88 Å². The maximum Gasteiger partial charge on any atom is 0.128 e. The quantitative estimate of drug-likeness (QED) is 0.911. The third-order valence-corrected chi connectivity index (χ3v) is 3.75. The summed E-state index contributed by atoms with van der Waals surface area (Å²) in [6.45, 7) is 1.05. The third kappa shape index (κ3) is 3.62. The lowest BCUT2D eigenvalue weighted by Gasteiger charge is -2.27. The standard InChI is InChI=1S/C15H17BrFN3/c1-20(10-11-4-6-19-7-5-11)15(9-18)13-8-12(16)2-3-14(13)17/h2-8,15H,9-10,18H2,1H3. The van der Waals surface area contributed by atoms with E-state index in [1.54, 1.807) is 24.5 Å². The van der Waals surface area contributed by atoms with E-state index in [0.717, 1.165) is 10.0 Å². The van der Waals surface area contributed by atoms with Gasteiger partial charge in [-0.05, 0) is 42.9 Å². The van der Waals surface area contributed by atoms with Gasteiger partial charge in [-0.25, -0.2) is 4.39 Å². The Morgan fingerprint density at radius 2 is 2.00 bits per heavy atom. The van der Waals surface area contributed by atoms with E-state index in [1.807, 2.05) is 24.1 Å². The topological polar surface area (TPSA) is 42.2 Å². The van der Waals surface area contributed by atoms with Gasteiger partial charge in [-0.15, -0.1) is 0 Å². The summed E-state index contributed by atoms with van der Waals surface area (Å²) in [7, 11) is 1.94. The van der Waals surface area contributed by atoms with Crippen molar-refractivity contribution in [3.8, 4) is 0 Å². The molecule has 0 radical (unpaired) electrons. The van der Waals surface area contributed by atoms with Gasteiger partial charge in [0.25, 0.3) is 0 Å².